The van der Waals surface area contributed by atoms with Gasteiger partial charge in [-0.25, -0.2) is 4.98 Å². The fourth-order valence-corrected chi connectivity index (χ4v) is 3.19. The molecule has 1 N–H and O–H groups in total. The Labute approximate surface area is 110 Å². The number of benzene rings is 1. The van der Waals surface area contributed by atoms with Crippen LogP contribution in [0.3, 0.4) is 0 Å². The second-order valence-electron chi connectivity index (χ2n) is 3.38. The van der Waals surface area contributed by atoms with Crippen molar-refractivity contribution < 1.29 is 0 Å². The predicted molar refractivity (Wildman–Crippen MR) is 72.6 cm³/mol. The molecule has 86 valence electrons. The molecule has 7 heteroatoms. The Hall–Kier alpha value is -1.24. The molecule has 4 nitrogen and oxygen atoms in total. The van der Waals surface area contributed by atoms with Crippen LogP contribution in [0.2, 0.25) is 5.02 Å². The SMILES string of the molecule is Cc1nnc(Nc2nc3ccc(Cl)cc3s2)s1. The molecular formula is C10H7ClN4S2. The van der Waals surface area contributed by atoms with Gasteiger partial charge in [0.1, 0.15) is 5.01 Å². The molecule has 0 aliphatic heterocycles. The van der Waals surface area contributed by atoms with E-state index in [2.05, 4.69) is 20.5 Å². The van der Waals surface area contributed by atoms with Crippen LogP contribution in [0.1, 0.15) is 5.01 Å². The zero-order valence-corrected chi connectivity index (χ0v) is 11.2. The Morgan fingerprint density at radius 1 is 1.18 bits per heavy atom. The van der Waals surface area contributed by atoms with Crippen molar-refractivity contribution in [1.82, 2.24) is 15.2 Å². The fraction of sp³-hybridized carbons (Fsp3) is 0.100. The summed E-state index contributed by atoms with van der Waals surface area (Å²) in [5, 5.41) is 14.3. The van der Waals surface area contributed by atoms with E-state index in [1.807, 2.05) is 25.1 Å². The maximum absolute atomic E-state index is 5.93. The number of thiazole rings is 1. The molecule has 3 aromatic rings. The molecule has 17 heavy (non-hydrogen) atoms. The van der Waals surface area contributed by atoms with E-state index in [4.69, 9.17) is 11.6 Å². The summed E-state index contributed by atoms with van der Waals surface area (Å²) in [5.74, 6) is 0. The molecule has 3 rings (SSSR count). The molecule has 0 bridgehead atoms. The highest BCUT2D eigenvalue weighted by Crippen LogP contribution is 2.30. The minimum Gasteiger partial charge on any atom is -0.306 e. The number of anilines is 2. The number of rotatable bonds is 2. The van der Waals surface area contributed by atoms with Crippen LogP contribution < -0.4 is 5.32 Å². The summed E-state index contributed by atoms with van der Waals surface area (Å²) in [6.45, 7) is 1.92. The van der Waals surface area contributed by atoms with Crippen molar-refractivity contribution in [2.24, 2.45) is 0 Å². The number of fused-ring (bicyclic) bond motifs is 1. The van der Waals surface area contributed by atoms with E-state index in [0.717, 1.165) is 30.5 Å². The lowest BCUT2D eigenvalue weighted by Crippen LogP contribution is -1.87. The summed E-state index contributed by atoms with van der Waals surface area (Å²) >= 11 is 8.98. The van der Waals surface area contributed by atoms with Gasteiger partial charge < -0.3 is 5.32 Å². The molecule has 0 unspecified atom stereocenters. The molecule has 2 heterocycles. The number of aromatic nitrogens is 3. The molecule has 0 aliphatic carbocycles. The third kappa shape index (κ3) is 2.24. The quantitative estimate of drug-likeness (QED) is 0.775. The second-order valence-corrected chi connectivity index (χ2v) is 6.03. The van der Waals surface area contributed by atoms with Gasteiger partial charge >= 0.3 is 0 Å². The van der Waals surface area contributed by atoms with Crippen LogP contribution >= 0.6 is 34.3 Å². The highest BCUT2D eigenvalue weighted by atomic mass is 35.5. The third-order valence-electron chi connectivity index (χ3n) is 2.09. The number of aryl methyl sites for hydroxylation is 1. The lowest BCUT2D eigenvalue weighted by Gasteiger charge is -1.92. The molecule has 0 atom stereocenters. The molecule has 2 aromatic heterocycles. The van der Waals surface area contributed by atoms with Crippen LogP contribution in [0, 0.1) is 6.92 Å². The van der Waals surface area contributed by atoms with E-state index in [-0.39, 0.29) is 0 Å². The minimum absolute atomic E-state index is 0.722. The van der Waals surface area contributed by atoms with Crippen molar-refractivity contribution in [2.75, 3.05) is 5.32 Å². The normalized spacial score (nSPS) is 10.9. The summed E-state index contributed by atoms with van der Waals surface area (Å²) < 4.78 is 1.06. The van der Waals surface area contributed by atoms with Gasteiger partial charge in [0, 0.05) is 5.02 Å². The van der Waals surface area contributed by atoms with Crippen LogP contribution in [-0.2, 0) is 0 Å². The molecular weight excluding hydrogens is 276 g/mol. The Kier molecular flexibility index (Phi) is 2.70. The molecule has 0 saturated carbocycles. The molecule has 0 saturated heterocycles. The zero-order valence-electron chi connectivity index (χ0n) is 8.77. The van der Waals surface area contributed by atoms with Gasteiger partial charge in [-0.2, -0.15) is 0 Å². The van der Waals surface area contributed by atoms with Crippen molar-refractivity contribution in [3.63, 3.8) is 0 Å². The average molecular weight is 283 g/mol. The average Bonchev–Trinajstić information content (AvgIpc) is 2.84. The lowest BCUT2D eigenvalue weighted by atomic mass is 10.3. The van der Waals surface area contributed by atoms with Gasteiger partial charge in [0.05, 0.1) is 10.2 Å². The predicted octanol–water partition coefficient (Wildman–Crippen LogP) is 3.85. The molecule has 1 aromatic carbocycles. The lowest BCUT2D eigenvalue weighted by molar-refractivity contribution is 1.05. The first-order chi connectivity index (χ1) is 8.20. The molecule has 0 spiro atoms. The maximum Gasteiger partial charge on any atom is 0.211 e. The van der Waals surface area contributed by atoms with Crippen molar-refractivity contribution in [3.05, 3.63) is 28.2 Å². The van der Waals surface area contributed by atoms with E-state index in [1.54, 1.807) is 11.3 Å². The van der Waals surface area contributed by atoms with Gasteiger partial charge in [0.25, 0.3) is 0 Å². The topological polar surface area (TPSA) is 50.7 Å². The number of nitrogens with zero attached hydrogens (tertiary/aromatic N) is 3. The summed E-state index contributed by atoms with van der Waals surface area (Å²) in [6.07, 6.45) is 0. The summed E-state index contributed by atoms with van der Waals surface area (Å²) in [7, 11) is 0. The van der Waals surface area contributed by atoms with E-state index < -0.39 is 0 Å². The maximum atomic E-state index is 5.93. The Morgan fingerprint density at radius 2 is 2.06 bits per heavy atom. The standard InChI is InChI=1S/C10H7ClN4S2/c1-5-14-15-10(16-5)13-9-12-7-3-2-6(11)4-8(7)17-9/h2-4H,1H3,(H,12,13,15). The van der Waals surface area contributed by atoms with E-state index >= 15 is 0 Å². The highest BCUT2D eigenvalue weighted by Gasteiger charge is 2.06. The van der Waals surface area contributed by atoms with Crippen molar-refractivity contribution in [3.8, 4) is 0 Å². The fourth-order valence-electron chi connectivity index (χ4n) is 1.39. The van der Waals surface area contributed by atoms with E-state index in [1.165, 1.54) is 11.3 Å². The monoisotopic (exact) mass is 282 g/mol. The van der Waals surface area contributed by atoms with Gasteiger partial charge in [-0.15, -0.1) is 10.2 Å². The van der Waals surface area contributed by atoms with Crippen molar-refractivity contribution in [1.29, 1.82) is 0 Å². The Morgan fingerprint density at radius 3 is 2.82 bits per heavy atom. The smallest absolute Gasteiger partial charge is 0.211 e. The Balaban J connectivity index is 1.95. The summed E-state index contributed by atoms with van der Waals surface area (Å²) in [4.78, 5) is 4.45. The first-order valence-corrected chi connectivity index (χ1v) is 6.85. The number of halogens is 1. The molecule has 0 aliphatic rings. The van der Waals surface area contributed by atoms with Gasteiger partial charge in [-0.1, -0.05) is 34.3 Å². The zero-order chi connectivity index (χ0) is 11.8. The van der Waals surface area contributed by atoms with Gasteiger partial charge in [0.15, 0.2) is 5.13 Å². The third-order valence-corrected chi connectivity index (χ3v) is 4.01. The number of nitrogens with one attached hydrogen (secondary N) is 1. The van der Waals surface area contributed by atoms with Gasteiger partial charge in [-0.3, -0.25) is 0 Å². The highest BCUT2D eigenvalue weighted by molar-refractivity contribution is 7.22. The van der Waals surface area contributed by atoms with Crippen molar-refractivity contribution >= 4 is 54.8 Å². The molecule has 0 radical (unpaired) electrons. The first kappa shape index (κ1) is 10.9. The number of hydrogen-bond acceptors (Lipinski definition) is 6. The van der Waals surface area contributed by atoms with Gasteiger partial charge in [0.2, 0.25) is 5.13 Å². The van der Waals surface area contributed by atoms with Crippen LogP contribution in [0.5, 0.6) is 0 Å². The summed E-state index contributed by atoms with van der Waals surface area (Å²) in [5.41, 5.74) is 0.933. The van der Waals surface area contributed by atoms with Crippen molar-refractivity contribution in [2.45, 2.75) is 6.92 Å². The largest absolute Gasteiger partial charge is 0.306 e. The summed E-state index contributed by atoms with van der Waals surface area (Å²) in [6, 6.07) is 5.65. The number of hydrogen-bond donors (Lipinski definition) is 1. The van der Waals surface area contributed by atoms with Gasteiger partial charge in [-0.05, 0) is 25.1 Å². The van der Waals surface area contributed by atoms with Crippen LogP contribution in [0.25, 0.3) is 10.2 Å². The first-order valence-electron chi connectivity index (χ1n) is 4.84. The van der Waals surface area contributed by atoms with Crippen LogP contribution in [-0.4, -0.2) is 15.2 Å². The Bertz CT molecular complexity index is 676. The minimum atomic E-state index is 0.722. The molecule has 0 amide bonds. The van der Waals surface area contributed by atoms with Crippen LogP contribution in [0.4, 0.5) is 10.3 Å². The second kappa shape index (κ2) is 4.21. The van der Waals surface area contributed by atoms with E-state index in [9.17, 15) is 0 Å². The van der Waals surface area contributed by atoms with E-state index in [0.29, 0.717) is 0 Å². The van der Waals surface area contributed by atoms with Crippen LogP contribution in [0.15, 0.2) is 18.2 Å². The molecule has 0 fully saturated rings.